The summed E-state index contributed by atoms with van der Waals surface area (Å²) < 4.78 is 0. The van der Waals surface area contributed by atoms with E-state index in [1.54, 1.807) is 29.4 Å². The van der Waals surface area contributed by atoms with Gasteiger partial charge >= 0.3 is 0 Å². The van der Waals surface area contributed by atoms with E-state index in [1.807, 2.05) is 24.0 Å². The van der Waals surface area contributed by atoms with Crippen LogP contribution in [0.3, 0.4) is 0 Å². The minimum absolute atomic E-state index is 0.00160. The van der Waals surface area contributed by atoms with Crippen LogP contribution in [0.1, 0.15) is 52.6 Å². The molecule has 0 atom stereocenters. The Kier molecular flexibility index (Phi) is 5.31. The summed E-state index contributed by atoms with van der Waals surface area (Å²) in [5.74, 6) is 0.0463. The number of benzene rings is 1. The van der Waals surface area contributed by atoms with Gasteiger partial charge in [-0.05, 0) is 41.7 Å². The van der Waals surface area contributed by atoms with Gasteiger partial charge in [-0.1, -0.05) is 32.9 Å². The first-order chi connectivity index (χ1) is 12.8. The third kappa shape index (κ3) is 4.18. The average molecular weight is 365 g/mol. The lowest BCUT2D eigenvalue weighted by molar-refractivity contribution is 0.0535. The third-order valence-corrected chi connectivity index (χ3v) is 5.12. The van der Waals surface area contributed by atoms with Gasteiger partial charge in [0.15, 0.2) is 0 Å². The molecule has 3 rings (SSSR count). The van der Waals surface area contributed by atoms with Crippen LogP contribution in [-0.2, 0) is 5.41 Å². The molecule has 142 valence electrons. The molecule has 1 aromatic carbocycles. The van der Waals surface area contributed by atoms with Gasteiger partial charge in [-0.15, -0.1) is 0 Å². The number of nitrogens with zero attached hydrogens (tertiary/aromatic N) is 3. The Bertz CT molecular complexity index is 832. The molecule has 27 heavy (non-hydrogen) atoms. The molecule has 0 spiro atoms. The van der Waals surface area contributed by atoms with Crippen LogP contribution in [0, 0.1) is 6.92 Å². The topological polar surface area (TPSA) is 53.5 Å². The minimum atomic E-state index is -0.00425. The van der Waals surface area contributed by atoms with Crippen molar-refractivity contribution in [3.63, 3.8) is 0 Å². The van der Waals surface area contributed by atoms with Gasteiger partial charge < -0.3 is 9.80 Å². The van der Waals surface area contributed by atoms with E-state index in [4.69, 9.17) is 0 Å². The number of aromatic nitrogens is 1. The largest absolute Gasteiger partial charge is 0.335 e. The molecule has 1 aliphatic rings. The highest BCUT2D eigenvalue weighted by Crippen LogP contribution is 2.25. The number of carbonyl (C=O) groups excluding carboxylic acids is 2. The van der Waals surface area contributed by atoms with Crippen molar-refractivity contribution in [3.8, 4) is 0 Å². The lowest BCUT2D eigenvalue weighted by atomic mass is 9.85. The average Bonchev–Trinajstić information content (AvgIpc) is 2.67. The molecule has 1 fully saturated rings. The van der Waals surface area contributed by atoms with Crippen LogP contribution in [0.2, 0.25) is 0 Å². The summed E-state index contributed by atoms with van der Waals surface area (Å²) in [4.78, 5) is 33.2. The highest BCUT2D eigenvalue weighted by molar-refractivity contribution is 5.97. The van der Waals surface area contributed by atoms with E-state index in [-0.39, 0.29) is 17.2 Å². The molecule has 1 aromatic heterocycles. The van der Waals surface area contributed by atoms with Gasteiger partial charge in [0.25, 0.3) is 11.8 Å². The van der Waals surface area contributed by atoms with E-state index < -0.39 is 0 Å². The standard InChI is InChI=1S/C22H27N3O2/c1-16-5-6-18(22(2,3)4)15-19(16)21(27)25-13-11-24(12-14-25)20(26)17-7-9-23-10-8-17/h5-10,15H,11-14H2,1-4H3. The van der Waals surface area contributed by atoms with Crippen LogP contribution in [0.5, 0.6) is 0 Å². The molecule has 2 amide bonds. The normalized spacial score (nSPS) is 15.0. The maximum atomic E-state index is 13.1. The van der Waals surface area contributed by atoms with Crippen molar-refractivity contribution >= 4 is 11.8 Å². The third-order valence-electron chi connectivity index (χ3n) is 5.12. The van der Waals surface area contributed by atoms with E-state index in [2.05, 4.69) is 31.8 Å². The molecule has 1 saturated heterocycles. The Morgan fingerprint density at radius 2 is 1.44 bits per heavy atom. The zero-order valence-electron chi connectivity index (χ0n) is 16.5. The number of hydrogen-bond donors (Lipinski definition) is 0. The van der Waals surface area contributed by atoms with Gasteiger partial charge in [0.1, 0.15) is 0 Å². The predicted molar refractivity (Wildman–Crippen MR) is 106 cm³/mol. The van der Waals surface area contributed by atoms with Crippen molar-refractivity contribution in [2.75, 3.05) is 26.2 Å². The quantitative estimate of drug-likeness (QED) is 0.821. The van der Waals surface area contributed by atoms with Gasteiger partial charge in [-0.25, -0.2) is 0 Å². The lowest BCUT2D eigenvalue weighted by Crippen LogP contribution is -2.50. The smallest absolute Gasteiger partial charge is 0.254 e. The van der Waals surface area contributed by atoms with E-state index >= 15 is 0 Å². The van der Waals surface area contributed by atoms with Crippen molar-refractivity contribution in [2.24, 2.45) is 0 Å². The summed E-state index contributed by atoms with van der Waals surface area (Å²) in [7, 11) is 0. The first-order valence-electron chi connectivity index (χ1n) is 9.37. The van der Waals surface area contributed by atoms with Crippen molar-refractivity contribution in [2.45, 2.75) is 33.1 Å². The molecule has 0 bridgehead atoms. The van der Waals surface area contributed by atoms with Crippen LogP contribution in [0.15, 0.2) is 42.7 Å². The second-order valence-corrected chi connectivity index (χ2v) is 8.10. The van der Waals surface area contributed by atoms with Gasteiger partial charge in [0, 0.05) is 49.7 Å². The fourth-order valence-electron chi connectivity index (χ4n) is 3.28. The molecular formula is C22H27N3O2. The molecule has 0 aliphatic carbocycles. The molecule has 0 unspecified atom stereocenters. The molecule has 5 nitrogen and oxygen atoms in total. The monoisotopic (exact) mass is 365 g/mol. The second kappa shape index (κ2) is 7.51. The van der Waals surface area contributed by atoms with Crippen LogP contribution in [0.4, 0.5) is 0 Å². The van der Waals surface area contributed by atoms with Crippen molar-refractivity contribution in [1.29, 1.82) is 0 Å². The summed E-state index contributed by atoms with van der Waals surface area (Å²) in [6, 6.07) is 9.59. The Hall–Kier alpha value is -2.69. The van der Waals surface area contributed by atoms with Gasteiger partial charge in [0.05, 0.1) is 0 Å². The summed E-state index contributed by atoms with van der Waals surface area (Å²) in [6.07, 6.45) is 3.25. The Morgan fingerprint density at radius 1 is 0.889 bits per heavy atom. The highest BCUT2D eigenvalue weighted by Gasteiger charge is 2.27. The lowest BCUT2D eigenvalue weighted by Gasteiger charge is -2.35. The number of amides is 2. The molecule has 0 saturated carbocycles. The molecule has 2 heterocycles. The fourth-order valence-corrected chi connectivity index (χ4v) is 3.28. The molecular weight excluding hydrogens is 338 g/mol. The van der Waals surface area contributed by atoms with Gasteiger partial charge in [-0.2, -0.15) is 0 Å². The fraction of sp³-hybridized carbons (Fsp3) is 0.409. The number of piperazine rings is 1. The first-order valence-corrected chi connectivity index (χ1v) is 9.37. The maximum Gasteiger partial charge on any atom is 0.254 e. The number of aryl methyl sites for hydroxylation is 1. The molecule has 5 heteroatoms. The summed E-state index contributed by atoms with van der Waals surface area (Å²) in [6.45, 7) is 10.6. The Balaban J connectivity index is 1.70. The maximum absolute atomic E-state index is 13.1. The summed E-state index contributed by atoms with van der Waals surface area (Å²) in [5, 5.41) is 0. The van der Waals surface area contributed by atoms with E-state index in [0.717, 1.165) is 16.7 Å². The van der Waals surface area contributed by atoms with E-state index in [9.17, 15) is 9.59 Å². The van der Waals surface area contributed by atoms with E-state index in [0.29, 0.717) is 31.7 Å². The number of rotatable bonds is 2. The zero-order valence-corrected chi connectivity index (χ0v) is 16.5. The minimum Gasteiger partial charge on any atom is -0.335 e. The zero-order chi connectivity index (χ0) is 19.6. The van der Waals surface area contributed by atoms with Crippen LogP contribution in [-0.4, -0.2) is 52.8 Å². The van der Waals surface area contributed by atoms with Crippen molar-refractivity contribution in [3.05, 3.63) is 65.0 Å². The van der Waals surface area contributed by atoms with Gasteiger partial charge in [0.2, 0.25) is 0 Å². The number of carbonyl (C=O) groups is 2. The highest BCUT2D eigenvalue weighted by atomic mass is 16.2. The van der Waals surface area contributed by atoms with Crippen molar-refractivity contribution < 1.29 is 9.59 Å². The van der Waals surface area contributed by atoms with Crippen LogP contribution >= 0.6 is 0 Å². The number of hydrogen-bond acceptors (Lipinski definition) is 3. The second-order valence-electron chi connectivity index (χ2n) is 8.10. The molecule has 1 aliphatic heterocycles. The predicted octanol–water partition coefficient (Wildman–Crippen LogP) is 3.29. The van der Waals surface area contributed by atoms with Crippen LogP contribution < -0.4 is 0 Å². The number of pyridine rings is 1. The van der Waals surface area contributed by atoms with Crippen molar-refractivity contribution in [1.82, 2.24) is 14.8 Å². The first kappa shape index (κ1) is 19.1. The van der Waals surface area contributed by atoms with E-state index in [1.165, 1.54) is 0 Å². The molecule has 2 aromatic rings. The van der Waals surface area contributed by atoms with Crippen LogP contribution in [0.25, 0.3) is 0 Å². The summed E-state index contributed by atoms with van der Waals surface area (Å²) in [5.41, 5.74) is 3.54. The molecule has 0 N–H and O–H groups in total. The summed E-state index contributed by atoms with van der Waals surface area (Å²) >= 11 is 0. The van der Waals surface area contributed by atoms with Gasteiger partial charge in [-0.3, -0.25) is 14.6 Å². The Morgan fingerprint density at radius 3 is 2.00 bits per heavy atom. The molecule has 0 radical (unpaired) electrons. The SMILES string of the molecule is Cc1ccc(C(C)(C)C)cc1C(=O)N1CCN(C(=O)c2ccncc2)CC1. The Labute approximate surface area is 161 Å².